The second kappa shape index (κ2) is 5.73. The van der Waals surface area contributed by atoms with Gasteiger partial charge in [0.1, 0.15) is 5.75 Å². The van der Waals surface area contributed by atoms with Crippen molar-refractivity contribution in [3.05, 3.63) is 29.8 Å². The number of aromatic hydroxyl groups is 1. The number of rotatable bonds is 3. The first-order chi connectivity index (χ1) is 11.9. The monoisotopic (exact) mass is 344 g/mol. The molecule has 0 aromatic heterocycles. The molecule has 4 rings (SSSR count). The van der Waals surface area contributed by atoms with Gasteiger partial charge in [0.25, 0.3) is 0 Å². The molecule has 1 spiro atoms. The number of phenolic OH excluding ortho intramolecular Hbond substituents is 1. The first-order valence-electron chi connectivity index (χ1n) is 8.96. The second-order valence-electron chi connectivity index (χ2n) is 7.63. The van der Waals surface area contributed by atoms with Crippen molar-refractivity contribution in [1.82, 2.24) is 9.80 Å². The van der Waals surface area contributed by atoms with Crippen molar-refractivity contribution in [2.75, 3.05) is 13.2 Å². The highest BCUT2D eigenvalue weighted by molar-refractivity contribution is 5.85. The molecular formula is C19H24N2O4. The predicted octanol–water partition coefficient (Wildman–Crippen LogP) is 1.52. The molecule has 3 aliphatic heterocycles. The Hall–Kier alpha value is -2.08. The fraction of sp³-hybridized carbons (Fsp3) is 0.579. The number of carbonyl (C=O) groups excluding carboxylic acids is 2. The maximum absolute atomic E-state index is 12.8. The van der Waals surface area contributed by atoms with Crippen LogP contribution in [0.5, 0.6) is 5.75 Å². The molecule has 1 aromatic carbocycles. The van der Waals surface area contributed by atoms with Gasteiger partial charge in [-0.2, -0.15) is 0 Å². The number of likely N-dealkylation sites (tertiary alicyclic amines) is 1. The Balaban J connectivity index is 1.54. The van der Waals surface area contributed by atoms with Crippen LogP contribution in [-0.4, -0.2) is 57.7 Å². The van der Waals surface area contributed by atoms with E-state index in [4.69, 9.17) is 4.74 Å². The Bertz CT molecular complexity index is 702. The molecule has 6 heteroatoms. The quantitative estimate of drug-likeness (QED) is 0.903. The molecule has 3 atom stereocenters. The van der Waals surface area contributed by atoms with Crippen LogP contribution < -0.4 is 0 Å². The zero-order valence-corrected chi connectivity index (χ0v) is 14.6. The van der Waals surface area contributed by atoms with Crippen molar-refractivity contribution < 1.29 is 19.4 Å². The third kappa shape index (κ3) is 2.42. The van der Waals surface area contributed by atoms with Gasteiger partial charge in [-0.1, -0.05) is 26.0 Å². The first kappa shape index (κ1) is 16.4. The van der Waals surface area contributed by atoms with Crippen LogP contribution in [0.25, 0.3) is 0 Å². The summed E-state index contributed by atoms with van der Waals surface area (Å²) in [5.41, 5.74) is 0.244. The van der Waals surface area contributed by atoms with E-state index in [1.54, 1.807) is 24.3 Å². The zero-order chi connectivity index (χ0) is 17.8. The molecule has 3 heterocycles. The maximum atomic E-state index is 12.8. The lowest BCUT2D eigenvalue weighted by Crippen LogP contribution is -2.51. The van der Waals surface area contributed by atoms with Crippen molar-refractivity contribution >= 4 is 11.8 Å². The molecule has 3 aliphatic rings. The molecule has 1 aromatic rings. The first-order valence-corrected chi connectivity index (χ1v) is 8.96. The van der Waals surface area contributed by atoms with Gasteiger partial charge in [-0.15, -0.1) is 0 Å². The van der Waals surface area contributed by atoms with Crippen LogP contribution in [0.1, 0.15) is 32.3 Å². The van der Waals surface area contributed by atoms with Crippen LogP contribution in [-0.2, 0) is 20.7 Å². The van der Waals surface area contributed by atoms with Gasteiger partial charge in [-0.25, -0.2) is 0 Å². The molecule has 25 heavy (non-hydrogen) atoms. The fourth-order valence-corrected chi connectivity index (χ4v) is 4.56. The number of ether oxygens (including phenoxy) is 1. The molecule has 1 N–H and O–H groups in total. The van der Waals surface area contributed by atoms with Crippen LogP contribution >= 0.6 is 0 Å². The molecule has 3 saturated heterocycles. The van der Waals surface area contributed by atoms with Gasteiger partial charge in [0.05, 0.1) is 31.5 Å². The van der Waals surface area contributed by atoms with Gasteiger partial charge in [0.15, 0.2) is 5.72 Å². The van der Waals surface area contributed by atoms with Gasteiger partial charge < -0.3 is 19.6 Å². The third-order valence-electron chi connectivity index (χ3n) is 5.87. The number of hydrogen-bond donors (Lipinski definition) is 1. The van der Waals surface area contributed by atoms with Crippen LogP contribution in [0, 0.1) is 5.92 Å². The molecule has 3 fully saturated rings. The van der Waals surface area contributed by atoms with Crippen molar-refractivity contribution in [1.29, 1.82) is 0 Å². The smallest absolute Gasteiger partial charge is 0.227 e. The highest BCUT2D eigenvalue weighted by atomic mass is 16.5. The predicted molar refractivity (Wildman–Crippen MR) is 90.7 cm³/mol. The summed E-state index contributed by atoms with van der Waals surface area (Å²) in [7, 11) is 0. The lowest BCUT2D eigenvalue weighted by molar-refractivity contribution is -0.141. The maximum Gasteiger partial charge on any atom is 0.227 e. The van der Waals surface area contributed by atoms with Crippen LogP contribution in [0.3, 0.4) is 0 Å². The number of hydrogen-bond acceptors (Lipinski definition) is 4. The topological polar surface area (TPSA) is 70.1 Å². The second-order valence-corrected chi connectivity index (χ2v) is 7.63. The number of phenols is 1. The summed E-state index contributed by atoms with van der Waals surface area (Å²) < 4.78 is 6.16. The minimum atomic E-state index is -0.614. The highest BCUT2D eigenvalue weighted by Gasteiger charge is 2.65. The summed E-state index contributed by atoms with van der Waals surface area (Å²) in [5.74, 6) is 0.637. The summed E-state index contributed by atoms with van der Waals surface area (Å²) in [6, 6.07) is 6.60. The largest absolute Gasteiger partial charge is 0.508 e. The minimum absolute atomic E-state index is 0.0128. The number of benzene rings is 1. The van der Waals surface area contributed by atoms with Crippen molar-refractivity contribution in [3.8, 4) is 5.75 Å². The molecular weight excluding hydrogens is 320 g/mol. The van der Waals surface area contributed by atoms with Crippen molar-refractivity contribution in [3.63, 3.8) is 0 Å². The van der Waals surface area contributed by atoms with Crippen LogP contribution in [0.4, 0.5) is 0 Å². The standard InChI is InChI=1S/C19H24N2O4/c1-12(2)15-11-25-19-7-8-20(16(19)10-18(24)21(15)19)17(23)9-13-3-5-14(22)6-4-13/h3-6,12,15-16,22H,7-11H2,1-2H3/t15-,16+,19-/m0/s1. The average molecular weight is 344 g/mol. The minimum Gasteiger partial charge on any atom is -0.508 e. The summed E-state index contributed by atoms with van der Waals surface area (Å²) in [6.07, 6.45) is 1.31. The van der Waals surface area contributed by atoms with Gasteiger partial charge >= 0.3 is 0 Å². The molecule has 0 bridgehead atoms. The van der Waals surface area contributed by atoms with Gasteiger partial charge in [0, 0.05) is 13.0 Å². The molecule has 0 radical (unpaired) electrons. The van der Waals surface area contributed by atoms with Crippen LogP contribution in [0.2, 0.25) is 0 Å². The van der Waals surface area contributed by atoms with Crippen molar-refractivity contribution in [2.24, 2.45) is 5.92 Å². The lowest BCUT2D eigenvalue weighted by atomic mass is 10.0. The molecule has 134 valence electrons. The van der Waals surface area contributed by atoms with E-state index in [2.05, 4.69) is 13.8 Å². The summed E-state index contributed by atoms with van der Waals surface area (Å²) in [4.78, 5) is 29.2. The summed E-state index contributed by atoms with van der Waals surface area (Å²) in [5, 5.41) is 9.37. The third-order valence-corrected chi connectivity index (χ3v) is 5.87. The van der Waals surface area contributed by atoms with E-state index in [1.807, 2.05) is 9.80 Å². The van der Waals surface area contributed by atoms with E-state index in [9.17, 15) is 14.7 Å². The van der Waals surface area contributed by atoms with Crippen LogP contribution in [0.15, 0.2) is 24.3 Å². The lowest BCUT2D eigenvalue weighted by Gasteiger charge is -2.34. The highest BCUT2D eigenvalue weighted by Crippen LogP contribution is 2.48. The van der Waals surface area contributed by atoms with Gasteiger partial charge in [0.2, 0.25) is 11.8 Å². The van der Waals surface area contributed by atoms with Gasteiger partial charge in [-0.3, -0.25) is 9.59 Å². The van der Waals surface area contributed by atoms with E-state index in [-0.39, 0.29) is 36.1 Å². The summed E-state index contributed by atoms with van der Waals surface area (Å²) in [6.45, 7) is 5.39. The Morgan fingerprint density at radius 2 is 2.08 bits per heavy atom. The normalized spacial score (nSPS) is 30.9. The van der Waals surface area contributed by atoms with E-state index in [1.165, 1.54) is 0 Å². The Morgan fingerprint density at radius 1 is 1.36 bits per heavy atom. The fourth-order valence-electron chi connectivity index (χ4n) is 4.56. The summed E-state index contributed by atoms with van der Waals surface area (Å²) >= 11 is 0. The Labute approximate surface area is 147 Å². The molecule has 2 amide bonds. The zero-order valence-electron chi connectivity index (χ0n) is 14.6. The molecule has 6 nitrogen and oxygen atoms in total. The van der Waals surface area contributed by atoms with Crippen molar-refractivity contribution in [2.45, 2.75) is 50.9 Å². The SMILES string of the molecule is CC(C)[C@@H]1CO[C@@]23CCN(C(=O)Cc4ccc(O)cc4)[C@@H]2CC(=O)N13. The number of nitrogens with zero attached hydrogens (tertiary/aromatic N) is 2. The van der Waals surface area contributed by atoms with Gasteiger partial charge in [-0.05, 0) is 23.6 Å². The van der Waals surface area contributed by atoms with E-state index >= 15 is 0 Å². The van der Waals surface area contributed by atoms with E-state index in [0.29, 0.717) is 31.9 Å². The number of amides is 2. The van der Waals surface area contributed by atoms with E-state index in [0.717, 1.165) is 5.56 Å². The Kier molecular flexibility index (Phi) is 3.76. The molecule has 0 unspecified atom stereocenters. The number of carbonyl (C=O) groups is 2. The Morgan fingerprint density at radius 3 is 2.76 bits per heavy atom. The average Bonchev–Trinajstić information content (AvgIpc) is 3.19. The molecule has 0 aliphatic carbocycles. The van der Waals surface area contributed by atoms with E-state index < -0.39 is 5.72 Å². The molecule has 0 saturated carbocycles.